The number of benzene rings is 2. The lowest BCUT2D eigenvalue weighted by molar-refractivity contribution is 0.102. The van der Waals surface area contributed by atoms with Crippen molar-refractivity contribution in [2.45, 2.75) is 6.42 Å². The van der Waals surface area contributed by atoms with Gasteiger partial charge in [-0.3, -0.25) is 4.79 Å². The number of rotatable bonds is 8. The molecule has 0 saturated heterocycles. The molecular formula is C22H26N6O. The van der Waals surface area contributed by atoms with E-state index in [0.717, 1.165) is 30.8 Å². The van der Waals surface area contributed by atoms with Crippen LogP contribution in [0, 0.1) is 0 Å². The van der Waals surface area contributed by atoms with Crippen molar-refractivity contribution in [3.05, 3.63) is 66.2 Å². The molecule has 0 saturated carbocycles. The van der Waals surface area contributed by atoms with Crippen LogP contribution < -0.4 is 16.4 Å². The van der Waals surface area contributed by atoms with Crippen molar-refractivity contribution in [1.29, 1.82) is 0 Å². The Kier molecular flexibility index (Phi) is 6.76. The number of carbonyl (C=O) groups is 1. The number of nitrogens with one attached hydrogen (secondary N) is 2. The van der Waals surface area contributed by atoms with E-state index in [1.807, 2.05) is 44.4 Å². The third-order valence-corrected chi connectivity index (χ3v) is 4.28. The Labute approximate surface area is 171 Å². The zero-order chi connectivity index (χ0) is 20.6. The van der Waals surface area contributed by atoms with Crippen LogP contribution in [0.4, 0.5) is 17.5 Å². The quantitative estimate of drug-likeness (QED) is 0.403. The average Bonchev–Trinajstić information content (AvgIpc) is 2.72. The second-order valence-corrected chi connectivity index (χ2v) is 6.99. The lowest BCUT2D eigenvalue weighted by atomic mass is 10.1. The van der Waals surface area contributed by atoms with Gasteiger partial charge in [-0.2, -0.15) is 4.98 Å². The first-order valence-electron chi connectivity index (χ1n) is 9.51. The maximum absolute atomic E-state index is 12.6. The zero-order valence-corrected chi connectivity index (χ0v) is 16.7. The minimum Gasteiger partial charge on any atom is -0.399 e. The van der Waals surface area contributed by atoms with Crippen LogP contribution in [0.25, 0.3) is 11.3 Å². The van der Waals surface area contributed by atoms with Crippen molar-refractivity contribution in [2.24, 2.45) is 0 Å². The van der Waals surface area contributed by atoms with E-state index in [1.54, 1.807) is 30.3 Å². The maximum atomic E-state index is 12.6. The number of anilines is 3. The molecule has 1 aromatic heterocycles. The number of hydrogen-bond acceptors (Lipinski definition) is 6. The van der Waals surface area contributed by atoms with Gasteiger partial charge in [-0.05, 0) is 51.3 Å². The summed E-state index contributed by atoms with van der Waals surface area (Å²) >= 11 is 0. The fourth-order valence-corrected chi connectivity index (χ4v) is 2.77. The fourth-order valence-electron chi connectivity index (χ4n) is 2.77. The highest BCUT2D eigenvalue weighted by Gasteiger charge is 2.11. The van der Waals surface area contributed by atoms with Crippen molar-refractivity contribution in [3.63, 3.8) is 0 Å². The Morgan fingerprint density at radius 1 is 1.03 bits per heavy atom. The highest BCUT2D eigenvalue weighted by atomic mass is 16.1. The van der Waals surface area contributed by atoms with Crippen molar-refractivity contribution < 1.29 is 4.79 Å². The van der Waals surface area contributed by atoms with Crippen molar-refractivity contribution in [2.75, 3.05) is 43.6 Å². The molecule has 3 rings (SSSR count). The predicted molar refractivity (Wildman–Crippen MR) is 118 cm³/mol. The highest BCUT2D eigenvalue weighted by molar-refractivity contribution is 6.04. The molecule has 0 spiro atoms. The average molecular weight is 390 g/mol. The molecule has 29 heavy (non-hydrogen) atoms. The monoisotopic (exact) mass is 390 g/mol. The van der Waals surface area contributed by atoms with Gasteiger partial charge in [-0.15, -0.1) is 0 Å². The van der Waals surface area contributed by atoms with E-state index in [9.17, 15) is 4.79 Å². The van der Waals surface area contributed by atoms with Crippen LogP contribution in [0.5, 0.6) is 0 Å². The molecule has 0 aliphatic heterocycles. The van der Waals surface area contributed by atoms with Crippen LogP contribution in [0.3, 0.4) is 0 Å². The van der Waals surface area contributed by atoms with Gasteiger partial charge in [0.1, 0.15) is 5.82 Å². The number of nitrogens with two attached hydrogens (primary N) is 1. The largest absolute Gasteiger partial charge is 0.399 e. The van der Waals surface area contributed by atoms with Gasteiger partial charge in [-0.1, -0.05) is 30.3 Å². The van der Waals surface area contributed by atoms with Crippen molar-refractivity contribution in [1.82, 2.24) is 14.9 Å². The molecule has 7 heteroatoms. The normalized spacial score (nSPS) is 10.7. The summed E-state index contributed by atoms with van der Waals surface area (Å²) in [6, 6.07) is 18.3. The van der Waals surface area contributed by atoms with Crippen LogP contribution in [-0.2, 0) is 0 Å². The maximum Gasteiger partial charge on any atom is 0.256 e. The first-order chi connectivity index (χ1) is 14.0. The number of amides is 1. The van der Waals surface area contributed by atoms with Crippen molar-refractivity contribution >= 4 is 23.4 Å². The molecule has 0 radical (unpaired) electrons. The molecule has 1 amide bonds. The van der Waals surface area contributed by atoms with Gasteiger partial charge in [0.05, 0.1) is 5.69 Å². The van der Waals surface area contributed by atoms with Gasteiger partial charge >= 0.3 is 0 Å². The van der Waals surface area contributed by atoms with Crippen LogP contribution >= 0.6 is 0 Å². The molecule has 3 aromatic rings. The SMILES string of the molecule is CN(C)CCCNc1nc(NC(=O)c2ccc(N)cc2)cc(-c2ccccc2)n1. The van der Waals surface area contributed by atoms with Gasteiger partial charge in [0.2, 0.25) is 5.95 Å². The van der Waals surface area contributed by atoms with E-state index in [4.69, 9.17) is 5.73 Å². The molecule has 7 nitrogen and oxygen atoms in total. The van der Waals surface area contributed by atoms with Gasteiger partial charge in [0.15, 0.2) is 0 Å². The number of nitrogen functional groups attached to an aromatic ring is 1. The van der Waals surface area contributed by atoms with Gasteiger partial charge in [-0.25, -0.2) is 4.98 Å². The smallest absolute Gasteiger partial charge is 0.256 e. The summed E-state index contributed by atoms with van der Waals surface area (Å²) in [5.41, 5.74) is 8.51. The standard InChI is InChI=1S/C22H26N6O/c1-28(2)14-6-13-24-22-25-19(16-7-4-3-5-8-16)15-20(27-22)26-21(29)17-9-11-18(23)12-10-17/h3-5,7-12,15H,6,13-14,23H2,1-2H3,(H2,24,25,26,27,29). The van der Waals surface area contributed by atoms with E-state index in [1.165, 1.54) is 0 Å². The molecule has 4 N–H and O–H groups in total. The number of hydrogen-bond donors (Lipinski definition) is 3. The van der Waals surface area contributed by atoms with Gasteiger partial charge < -0.3 is 21.3 Å². The van der Waals surface area contributed by atoms with Crippen LogP contribution in [0.15, 0.2) is 60.7 Å². The van der Waals surface area contributed by atoms with E-state index < -0.39 is 0 Å². The van der Waals surface area contributed by atoms with Crippen LogP contribution in [0.2, 0.25) is 0 Å². The molecule has 0 aliphatic rings. The molecule has 150 valence electrons. The summed E-state index contributed by atoms with van der Waals surface area (Å²) in [5, 5.41) is 6.11. The lowest BCUT2D eigenvalue weighted by Gasteiger charge is -2.12. The third kappa shape index (κ3) is 6.02. The number of aromatic nitrogens is 2. The van der Waals surface area contributed by atoms with Crippen molar-refractivity contribution in [3.8, 4) is 11.3 Å². The van der Waals surface area contributed by atoms with Gasteiger partial charge in [0, 0.05) is 29.4 Å². The van der Waals surface area contributed by atoms with Crippen LogP contribution in [-0.4, -0.2) is 48.0 Å². The van der Waals surface area contributed by atoms with E-state index >= 15 is 0 Å². The molecule has 0 fully saturated rings. The molecule has 0 atom stereocenters. The summed E-state index contributed by atoms with van der Waals surface area (Å²) in [6.07, 6.45) is 0.957. The first kappa shape index (κ1) is 20.3. The summed E-state index contributed by atoms with van der Waals surface area (Å²) in [4.78, 5) is 23.8. The predicted octanol–water partition coefficient (Wildman–Crippen LogP) is 3.34. The Morgan fingerprint density at radius 2 is 1.76 bits per heavy atom. The molecule has 2 aromatic carbocycles. The first-order valence-corrected chi connectivity index (χ1v) is 9.51. The summed E-state index contributed by atoms with van der Waals surface area (Å²) in [6.45, 7) is 1.70. The minimum absolute atomic E-state index is 0.249. The second-order valence-electron chi connectivity index (χ2n) is 6.99. The minimum atomic E-state index is -0.249. The third-order valence-electron chi connectivity index (χ3n) is 4.28. The molecule has 1 heterocycles. The number of carbonyl (C=O) groups excluding carboxylic acids is 1. The Balaban J connectivity index is 1.81. The summed E-state index contributed by atoms with van der Waals surface area (Å²) in [5.74, 6) is 0.676. The Bertz CT molecular complexity index is 941. The summed E-state index contributed by atoms with van der Waals surface area (Å²) in [7, 11) is 4.08. The summed E-state index contributed by atoms with van der Waals surface area (Å²) < 4.78 is 0. The second kappa shape index (κ2) is 9.66. The highest BCUT2D eigenvalue weighted by Crippen LogP contribution is 2.22. The fraction of sp³-hybridized carbons (Fsp3) is 0.227. The Morgan fingerprint density at radius 3 is 2.45 bits per heavy atom. The van der Waals surface area contributed by atoms with Crippen LogP contribution in [0.1, 0.15) is 16.8 Å². The van der Waals surface area contributed by atoms with Gasteiger partial charge in [0.25, 0.3) is 5.91 Å². The van der Waals surface area contributed by atoms with E-state index in [0.29, 0.717) is 23.0 Å². The zero-order valence-electron chi connectivity index (χ0n) is 16.7. The number of nitrogens with zero attached hydrogens (tertiary/aromatic N) is 3. The lowest BCUT2D eigenvalue weighted by Crippen LogP contribution is -2.18. The topological polar surface area (TPSA) is 96.2 Å². The van der Waals surface area contributed by atoms with E-state index in [2.05, 4.69) is 25.5 Å². The molecular weight excluding hydrogens is 364 g/mol. The van der Waals surface area contributed by atoms with E-state index in [-0.39, 0.29) is 5.91 Å². The Hall–Kier alpha value is -3.45. The molecule has 0 aliphatic carbocycles. The molecule has 0 unspecified atom stereocenters. The molecule has 0 bridgehead atoms.